The third kappa shape index (κ3) is 11.5. The second-order valence-electron chi connectivity index (χ2n) is 12.9. The molecule has 4 rings (SSSR count). The van der Waals surface area contributed by atoms with Gasteiger partial charge in [0.25, 0.3) is 0 Å². The molecule has 0 saturated heterocycles. The molecule has 2 aliphatic rings. The van der Waals surface area contributed by atoms with E-state index in [4.69, 9.17) is 9.47 Å². The summed E-state index contributed by atoms with van der Waals surface area (Å²) in [6.07, 6.45) is 22.4. The molecule has 0 N–H and O–H groups in total. The average molecular weight is 585 g/mol. The van der Waals surface area contributed by atoms with E-state index in [1.165, 1.54) is 122 Å². The SMILES string of the molecule is CCCCC[C@H]1CC[C@H](C(CC)Oc2cccc(F)c2)CC1.CCCCC[C@H]1CC[C@H](c2ccc(OC)c(F)c2)CC1. The van der Waals surface area contributed by atoms with E-state index in [0.717, 1.165) is 23.8 Å². The molecule has 0 amide bonds. The number of ether oxygens (including phenoxy) is 2. The van der Waals surface area contributed by atoms with Gasteiger partial charge in [0, 0.05) is 6.07 Å². The molecule has 1 atom stereocenters. The predicted molar refractivity (Wildman–Crippen MR) is 172 cm³/mol. The van der Waals surface area contributed by atoms with Crippen LogP contribution in [0.4, 0.5) is 8.78 Å². The van der Waals surface area contributed by atoms with Gasteiger partial charge in [0.1, 0.15) is 17.7 Å². The molecule has 1 unspecified atom stereocenters. The summed E-state index contributed by atoms with van der Waals surface area (Å²) in [4.78, 5) is 0. The highest BCUT2D eigenvalue weighted by Gasteiger charge is 2.28. The number of methoxy groups -OCH3 is 1. The van der Waals surface area contributed by atoms with Gasteiger partial charge in [-0.2, -0.15) is 0 Å². The van der Waals surface area contributed by atoms with Gasteiger partial charge in [0.15, 0.2) is 11.6 Å². The van der Waals surface area contributed by atoms with Crippen LogP contribution in [0.15, 0.2) is 42.5 Å². The topological polar surface area (TPSA) is 18.5 Å². The lowest BCUT2D eigenvalue weighted by Gasteiger charge is -2.33. The molecule has 2 nitrogen and oxygen atoms in total. The summed E-state index contributed by atoms with van der Waals surface area (Å²) in [5.74, 6) is 3.59. The quantitative estimate of drug-likeness (QED) is 0.206. The van der Waals surface area contributed by atoms with Crippen LogP contribution in [0.1, 0.15) is 141 Å². The molecule has 0 aromatic heterocycles. The summed E-state index contributed by atoms with van der Waals surface area (Å²) in [6, 6.07) is 12.0. The van der Waals surface area contributed by atoms with Crippen molar-refractivity contribution in [2.75, 3.05) is 7.11 Å². The van der Waals surface area contributed by atoms with Crippen molar-refractivity contribution in [2.45, 2.75) is 142 Å². The molecule has 0 radical (unpaired) electrons. The van der Waals surface area contributed by atoms with Gasteiger partial charge in [-0.1, -0.05) is 97.1 Å². The molecule has 236 valence electrons. The van der Waals surface area contributed by atoms with Gasteiger partial charge in [-0.15, -0.1) is 0 Å². The van der Waals surface area contributed by atoms with E-state index in [-0.39, 0.29) is 17.7 Å². The number of hydrogen-bond acceptors (Lipinski definition) is 2. The van der Waals surface area contributed by atoms with Gasteiger partial charge in [0.2, 0.25) is 0 Å². The van der Waals surface area contributed by atoms with Crippen molar-refractivity contribution in [1.29, 1.82) is 0 Å². The van der Waals surface area contributed by atoms with Gasteiger partial charge in [-0.05, 0) is 98.4 Å². The first-order chi connectivity index (χ1) is 20.5. The lowest BCUT2D eigenvalue weighted by atomic mass is 9.77. The largest absolute Gasteiger partial charge is 0.494 e. The van der Waals surface area contributed by atoms with Crippen LogP contribution in [0, 0.1) is 29.4 Å². The van der Waals surface area contributed by atoms with Crippen molar-refractivity contribution in [1.82, 2.24) is 0 Å². The smallest absolute Gasteiger partial charge is 0.165 e. The highest BCUT2D eigenvalue weighted by atomic mass is 19.1. The molecular formula is C38H58F2O2. The Bertz CT molecular complexity index is 992. The summed E-state index contributed by atoms with van der Waals surface area (Å²) in [5, 5.41) is 0. The van der Waals surface area contributed by atoms with Crippen molar-refractivity contribution in [3.63, 3.8) is 0 Å². The molecule has 0 heterocycles. The Hall–Kier alpha value is -2.10. The molecule has 0 spiro atoms. The molecule has 2 aliphatic carbocycles. The summed E-state index contributed by atoms with van der Waals surface area (Å²) < 4.78 is 38.1. The number of unbranched alkanes of at least 4 members (excludes halogenated alkanes) is 4. The van der Waals surface area contributed by atoms with Crippen LogP contribution in [0.5, 0.6) is 11.5 Å². The molecule has 2 aromatic carbocycles. The van der Waals surface area contributed by atoms with Crippen molar-refractivity contribution < 1.29 is 18.3 Å². The van der Waals surface area contributed by atoms with E-state index in [2.05, 4.69) is 20.8 Å². The van der Waals surface area contributed by atoms with Crippen LogP contribution in [-0.2, 0) is 0 Å². The Morgan fingerprint density at radius 3 is 1.88 bits per heavy atom. The molecule has 4 heteroatoms. The maximum absolute atomic E-state index is 13.8. The van der Waals surface area contributed by atoms with Crippen molar-refractivity contribution in [3.05, 3.63) is 59.7 Å². The molecule has 0 aliphatic heterocycles. The number of hydrogen-bond donors (Lipinski definition) is 0. The van der Waals surface area contributed by atoms with E-state index >= 15 is 0 Å². The van der Waals surface area contributed by atoms with E-state index in [1.54, 1.807) is 18.2 Å². The predicted octanol–water partition coefficient (Wildman–Crippen LogP) is 12.1. The fraction of sp³-hybridized carbons (Fsp3) is 0.684. The molecular weight excluding hydrogens is 526 g/mol. The average Bonchev–Trinajstić information content (AvgIpc) is 3.01. The summed E-state index contributed by atoms with van der Waals surface area (Å²) in [6.45, 7) is 6.71. The normalized spacial score (nSPS) is 23.0. The zero-order valence-electron chi connectivity index (χ0n) is 27.0. The van der Waals surface area contributed by atoms with Crippen LogP contribution in [-0.4, -0.2) is 13.2 Å². The summed E-state index contributed by atoms with van der Waals surface area (Å²) in [5.41, 5.74) is 1.15. The molecule has 2 fully saturated rings. The lowest BCUT2D eigenvalue weighted by molar-refractivity contribution is 0.0892. The molecule has 42 heavy (non-hydrogen) atoms. The summed E-state index contributed by atoms with van der Waals surface area (Å²) in [7, 11) is 1.51. The van der Waals surface area contributed by atoms with Crippen LogP contribution < -0.4 is 9.47 Å². The number of benzene rings is 2. The monoisotopic (exact) mass is 584 g/mol. The fourth-order valence-corrected chi connectivity index (χ4v) is 7.16. The van der Waals surface area contributed by atoms with Gasteiger partial charge in [-0.3, -0.25) is 0 Å². The first-order valence-corrected chi connectivity index (χ1v) is 17.2. The molecule has 0 bridgehead atoms. The van der Waals surface area contributed by atoms with Gasteiger partial charge < -0.3 is 9.47 Å². The minimum atomic E-state index is -0.227. The second kappa shape index (κ2) is 19.2. The van der Waals surface area contributed by atoms with E-state index < -0.39 is 0 Å². The minimum Gasteiger partial charge on any atom is -0.494 e. The third-order valence-electron chi connectivity index (χ3n) is 9.83. The number of halogens is 2. The zero-order valence-corrected chi connectivity index (χ0v) is 27.0. The Kier molecular flexibility index (Phi) is 15.7. The summed E-state index contributed by atoms with van der Waals surface area (Å²) >= 11 is 0. The van der Waals surface area contributed by atoms with Crippen LogP contribution in [0.3, 0.4) is 0 Å². The lowest BCUT2D eigenvalue weighted by Crippen LogP contribution is -2.30. The minimum absolute atomic E-state index is 0.216. The Balaban J connectivity index is 0.000000231. The fourth-order valence-electron chi connectivity index (χ4n) is 7.16. The molecule has 2 aromatic rings. The third-order valence-corrected chi connectivity index (χ3v) is 9.83. The first-order valence-electron chi connectivity index (χ1n) is 17.2. The van der Waals surface area contributed by atoms with Gasteiger partial charge in [0.05, 0.1) is 7.11 Å². The Labute approximate surface area is 256 Å². The number of rotatable bonds is 14. The second-order valence-corrected chi connectivity index (χ2v) is 12.9. The highest BCUT2D eigenvalue weighted by Crippen LogP contribution is 2.39. The van der Waals surface area contributed by atoms with Crippen LogP contribution >= 0.6 is 0 Å². The zero-order chi connectivity index (χ0) is 30.2. The standard InChI is InChI=1S/C20H31FO.C18H27FO/c1-3-5-6-8-16-11-13-17(14-12-16)20(4-2)22-19-10-7-9-18(21)15-19;1-3-4-5-6-14-7-9-15(10-8-14)16-11-12-18(20-2)17(19)13-16/h7,9-10,15-17,20H,3-6,8,11-14H2,1-2H3;11-15H,3-10H2,1-2H3/t16-,17-,20?;14-,15-. The van der Waals surface area contributed by atoms with E-state index in [1.807, 2.05) is 12.1 Å². The van der Waals surface area contributed by atoms with Crippen molar-refractivity contribution in [2.24, 2.45) is 17.8 Å². The Morgan fingerprint density at radius 1 is 0.738 bits per heavy atom. The van der Waals surface area contributed by atoms with Gasteiger partial charge >= 0.3 is 0 Å². The molecule has 2 saturated carbocycles. The van der Waals surface area contributed by atoms with Gasteiger partial charge in [-0.25, -0.2) is 8.78 Å². The van der Waals surface area contributed by atoms with E-state index in [9.17, 15) is 8.78 Å². The van der Waals surface area contributed by atoms with Crippen LogP contribution in [0.2, 0.25) is 0 Å². The first kappa shape index (κ1) is 34.4. The maximum Gasteiger partial charge on any atom is 0.165 e. The Morgan fingerprint density at radius 2 is 1.36 bits per heavy atom. The maximum atomic E-state index is 13.8. The van der Waals surface area contributed by atoms with Crippen LogP contribution in [0.25, 0.3) is 0 Å². The van der Waals surface area contributed by atoms with Crippen molar-refractivity contribution >= 4 is 0 Å². The van der Waals surface area contributed by atoms with Crippen molar-refractivity contribution in [3.8, 4) is 11.5 Å². The van der Waals surface area contributed by atoms with E-state index in [0.29, 0.717) is 23.3 Å². The highest BCUT2D eigenvalue weighted by molar-refractivity contribution is 5.31.